The van der Waals surface area contributed by atoms with Gasteiger partial charge in [0.2, 0.25) is 0 Å². The van der Waals surface area contributed by atoms with Gasteiger partial charge >= 0.3 is 6.09 Å². The predicted octanol–water partition coefficient (Wildman–Crippen LogP) is 5.33. The monoisotopic (exact) mass is 471 g/mol. The topological polar surface area (TPSA) is 84.2 Å². The molecule has 7 nitrogen and oxygen atoms in total. The molecule has 0 bridgehead atoms. The van der Waals surface area contributed by atoms with Crippen molar-refractivity contribution in [2.45, 2.75) is 64.8 Å². The van der Waals surface area contributed by atoms with Gasteiger partial charge in [0.25, 0.3) is 0 Å². The van der Waals surface area contributed by atoms with E-state index in [1.54, 1.807) is 24.4 Å². The zero-order chi connectivity index (χ0) is 23.8. The van der Waals surface area contributed by atoms with Crippen molar-refractivity contribution >= 4 is 23.6 Å². The van der Waals surface area contributed by atoms with E-state index >= 15 is 0 Å². The highest BCUT2D eigenvalue weighted by Gasteiger charge is 2.55. The number of piperidine rings is 1. The molecule has 2 aliphatic heterocycles. The van der Waals surface area contributed by atoms with Gasteiger partial charge in [0, 0.05) is 31.1 Å². The van der Waals surface area contributed by atoms with Crippen LogP contribution in [0.2, 0.25) is 5.02 Å². The highest BCUT2D eigenvalue weighted by atomic mass is 35.5. The van der Waals surface area contributed by atoms with Gasteiger partial charge in [0.1, 0.15) is 23.6 Å². The first-order valence-corrected chi connectivity index (χ1v) is 11.7. The van der Waals surface area contributed by atoms with Gasteiger partial charge in [-0.15, -0.1) is 0 Å². The minimum atomic E-state index is -0.507. The van der Waals surface area contributed by atoms with Gasteiger partial charge in [-0.05, 0) is 64.8 Å². The maximum atomic E-state index is 12.5. The van der Waals surface area contributed by atoms with Crippen LogP contribution in [-0.2, 0) is 9.47 Å². The van der Waals surface area contributed by atoms with E-state index in [1.807, 2.05) is 38.7 Å². The van der Waals surface area contributed by atoms with Crippen molar-refractivity contribution in [3.8, 4) is 11.8 Å². The molecule has 1 spiro atoms. The molecule has 0 N–H and O–H groups in total. The Labute approximate surface area is 200 Å². The van der Waals surface area contributed by atoms with Gasteiger partial charge in [-0.2, -0.15) is 5.26 Å². The average Bonchev–Trinajstić information content (AvgIpc) is 3.52. The van der Waals surface area contributed by atoms with Gasteiger partial charge in [-0.1, -0.05) is 11.6 Å². The van der Waals surface area contributed by atoms with Crippen LogP contribution in [0.1, 0.15) is 52.5 Å². The largest absolute Gasteiger partial charge is 0.484 e. The number of nitriles is 1. The Morgan fingerprint density at radius 2 is 2.06 bits per heavy atom. The Balaban J connectivity index is 1.39. The summed E-state index contributed by atoms with van der Waals surface area (Å²) in [5.74, 6) is 1.04. The molecule has 1 aromatic rings. The number of amides is 1. The second kappa shape index (κ2) is 8.90. The molecule has 3 aliphatic rings. The molecule has 1 amide bonds. The van der Waals surface area contributed by atoms with Crippen molar-refractivity contribution in [2.75, 3.05) is 13.1 Å². The normalized spacial score (nSPS) is 25.8. The van der Waals surface area contributed by atoms with Crippen LogP contribution < -0.4 is 4.74 Å². The molecular weight excluding hydrogens is 442 g/mol. The summed E-state index contributed by atoms with van der Waals surface area (Å²) in [7, 11) is 0. The lowest BCUT2D eigenvalue weighted by Crippen LogP contribution is -2.50. The number of hydrogen-bond donors (Lipinski definition) is 0. The number of benzene rings is 1. The Hall–Kier alpha value is -2.72. The summed E-state index contributed by atoms with van der Waals surface area (Å²) in [6.07, 6.45) is 5.82. The third-order valence-corrected chi connectivity index (χ3v) is 6.64. The number of nitrogens with zero attached hydrogens (tertiary/aromatic N) is 3. The standard InChI is InChI=1S/C25H30ClN3O4/c1-16-19(31-20-6-5-17(14-27)13-18(20)26)7-11-28-22(16)32-21-8-12-29(15-25(21)9-10-25)23(30)33-24(2,3)4/h5-7,11,13,16,19,21H,8-10,12,15H2,1-4H3. The summed E-state index contributed by atoms with van der Waals surface area (Å²) in [5, 5.41) is 9.42. The SMILES string of the molecule is CC1C(OC2CCN(C(=O)OC(C)(C)C)CC23CC3)=NC=CC1Oc1ccc(C#N)cc1Cl. The van der Waals surface area contributed by atoms with Gasteiger partial charge in [0.05, 0.1) is 22.6 Å². The Kier molecular flexibility index (Phi) is 6.32. The fourth-order valence-electron chi connectivity index (χ4n) is 4.31. The lowest BCUT2D eigenvalue weighted by Gasteiger charge is -2.40. The minimum absolute atomic E-state index is 0.00281. The molecule has 3 atom stereocenters. The molecule has 4 rings (SSSR count). The molecule has 1 aromatic carbocycles. The summed E-state index contributed by atoms with van der Waals surface area (Å²) in [6.45, 7) is 8.90. The number of likely N-dealkylation sites (tertiary alicyclic amines) is 1. The van der Waals surface area contributed by atoms with Crippen LogP contribution in [0, 0.1) is 22.7 Å². The van der Waals surface area contributed by atoms with Gasteiger partial charge in [-0.3, -0.25) is 0 Å². The average molecular weight is 472 g/mol. The highest BCUT2D eigenvalue weighted by molar-refractivity contribution is 6.32. The fourth-order valence-corrected chi connectivity index (χ4v) is 4.54. The molecule has 33 heavy (non-hydrogen) atoms. The van der Waals surface area contributed by atoms with Crippen LogP contribution in [-0.4, -0.2) is 47.8 Å². The van der Waals surface area contributed by atoms with E-state index in [1.165, 1.54) is 0 Å². The number of halogens is 1. The molecule has 1 saturated carbocycles. The zero-order valence-corrected chi connectivity index (χ0v) is 20.3. The smallest absolute Gasteiger partial charge is 0.410 e. The number of hydrogen-bond acceptors (Lipinski definition) is 6. The van der Waals surface area contributed by atoms with Crippen LogP contribution in [0.3, 0.4) is 0 Å². The van der Waals surface area contributed by atoms with E-state index in [9.17, 15) is 4.79 Å². The van der Waals surface area contributed by atoms with Gasteiger partial charge in [-0.25, -0.2) is 9.79 Å². The molecular formula is C25H30ClN3O4. The maximum Gasteiger partial charge on any atom is 0.410 e. The maximum absolute atomic E-state index is 12.5. The second-order valence-electron chi connectivity index (χ2n) is 10.1. The lowest BCUT2D eigenvalue weighted by atomic mass is 9.91. The van der Waals surface area contributed by atoms with Crippen molar-refractivity contribution < 1.29 is 19.0 Å². The van der Waals surface area contributed by atoms with E-state index in [2.05, 4.69) is 11.1 Å². The fraction of sp³-hybridized carbons (Fsp3) is 0.560. The summed E-state index contributed by atoms with van der Waals surface area (Å²) in [6, 6.07) is 7.05. The second-order valence-corrected chi connectivity index (χ2v) is 10.5. The molecule has 1 saturated heterocycles. The Morgan fingerprint density at radius 3 is 2.70 bits per heavy atom. The van der Waals surface area contributed by atoms with Gasteiger partial charge < -0.3 is 19.1 Å². The van der Waals surface area contributed by atoms with Crippen molar-refractivity contribution in [1.29, 1.82) is 5.26 Å². The van der Waals surface area contributed by atoms with Crippen LogP contribution in [0.25, 0.3) is 0 Å². The van der Waals surface area contributed by atoms with Gasteiger partial charge in [0.15, 0.2) is 5.90 Å². The predicted molar refractivity (Wildman–Crippen MR) is 125 cm³/mol. The first-order valence-electron chi connectivity index (χ1n) is 11.4. The van der Waals surface area contributed by atoms with Crippen LogP contribution >= 0.6 is 11.6 Å². The Bertz CT molecular complexity index is 1020. The van der Waals surface area contributed by atoms with Crippen LogP contribution in [0.4, 0.5) is 4.79 Å². The molecule has 2 heterocycles. The summed E-state index contributed by atoms with van der Waals surface area (Å²) < 4.78 is 18.1. The minimum Gasteiger partial charge on any atom is -0.484 e. The number of carbonyl (C=O) groups is 1. The van der Waals surface area contributed by atoms with Crippen molar-refractivity contribution in [2.24, 2.45) is 16.3 Å². The number of aliphatic imine (C=N–C) groups is 1. The quantitative estimate of drug-likeness (QED) is 0.595. The number of carbonyl (C=O) groups excluding carboxylic acids is 1. The van der Waals surface area contributed by atoms with E-state index in [0.717, 1.165) is 19.3 Å². The van der Waals surface area contributed by atoms with E-state index in [0.29, 0.717) is 35.3 Å². The molecule has 3 unspecified atom stereocenters. The molecule has 1 aliphatic carbocycles. The third kappa shape index (κ3) is 5.27. The first kappa shape index (κ1) is 23.4. The lowest BCUT2D eigenvalue weighted by molar-refractivity contribution is -0.0142. The van der Waals surface area contributed by atoms with Crippen LogP contribution in [0.15, 0.2) is 35.5 Å². The Morgan fingerprint density at radius 1 is 1.30 bits per heavy atom. The molecule has 0 aromatic heterocycles. The summed E-state index contributed by atoms with van der Waals surface area (Å²) >= 11 is 6.29. The van der Waals surface area contributed by atoms with Crippen molar-refractivity contribution in [3.63, 3.8) is 0 Å². The molecule has 2 fully saturated rings. The molecule has 176 valence electrons. The van der Waals surface area contributed by atoms with Crippen LogP contribution in [0.5, 0.6) is 5.75 Å². The summed E-state index contributed by atoms with van der Waals surface area (Å²) in [4.78, 5) is 18.9. The number of ether oxygens (including phenoxy) is 3. The zero-order valence-electron chi connectivity index (χ0n) is 19.5. The number of rotatable bonds is 3. The van der Waals surface area contributed by atoms with E-state index in [4.69, 9.17) is 31.1 Å². The molecule has 8 heteroatoms. The first-order chi connectivity index (χ1) is 15.6. The van der Waals surface area contributed by atoms with Crippen molar-refractivity contribution in [3.05, 3.63) is 41.1 Å². The third-order valence-electron chi connectivity index (χ3n) is 6.34. The highest BCUT2D eigenvalue weighted by Crippen LogP contribution is 2.54. The van der Waals surface area contributed by atoms with E-state index < -0.39 is 5.60 Å². The molecule has 0 radical (unpaired) electrons. The van der Waals surface area contributed by atoms with Crippen molar-refractivity contribution in [1.82, 2.24) is 4.90 Å². The summed E-state index contributed by atoms with van der Waals surface area (Å²) in [5.41, 5.74) is -0.0598. The van der Waals surface area contributed by atoms with E-state index in [-0.39, 0.29) is 29.6 Å².